The van der Waals surface area contributed by atoms with E-state index in [0.717, 1.165) is 10.0 Å². The van der Waals surface area contributed by atoms with Crippen LogP contribution in [0.4, 0.5) is 4.39 Å². The highest BCUT2D eigenvalue weighted by molar-refractivity contribution is 9.10. The Kier molecular flexibility index (Phi) is 5.32. The lowest BCUT2D eigenvalue weighted by molar-refractivity contribution is 0.410. The van der Waals surface area contributed by atoms with E-state index in [-0.39, 0.29) is 11.9 Å². The van der Waals surface area contributed by atoms with Gasteiger partial charge in [0, 0.05) is 17.1 Å². The first-order valence-corrected chi connectivity index (χ1v) is 7.59. The minimum Gasteiger partial charge on any atom is -0.306 e. The molecule has 3 heteroatoms. The summed E-state index contributed by atoms with van der Waals surface area (Å²) >= 11 is 3.47. The molecule has 0 bridgehead atoms. The van der Waals surface area contributed by atoms with E-state index in [1.807, 2.05) is 18.2 Å². The van der Waals surface area contributed by atoms with Crippen molar-refractivity contribution in [1.29, 1.82) is 0 Å². The van der Waals surface area contributed by atoms with Crippen molar-refractivity contribution in [3.63, 3.8) is 0 Å². The lowest BCUT2D eigenvalue weighted by atomic mass is 9.96. The van der Waals surface area contributed by atoms with E-state index < -0.39 is 0 Å². The molecule has 1 N–H and O–H groups in total. The summed E-state index contributed by atoms with van der Waals surface area (Å²) < 4.78 is 14.2. The lowest BCUT2D eigenvalue weighted by Crippen LogP contribution is -2.25. The summed E-state index contributed by atoms with van der Waals surface area (Å²) in [6, 6.07) is 15.4. The average Bonchev–Trinajstić information content (AvgIpc) is 2.43. The van der Waals surface area contributed by atoms with E-state index in [0.29, 0.717) is 12.5 Å². The zero-order chi connectivity index (χ0) is 14.5. The Morgan fingerprint density at radius 2 is 1.80 bits per heavy atom. The third-order valence-corrected chi connectivity index (χ3v) is 4.12. The first-order valence-electron chi connectivity index (χ1n) is 6.80. The zero-order valence-electron chi connectivity index (χ0n) is 11.7. The molecule has 2 aromatic carbocycles. The van der Waals surface area contributed by atoms with Crippen LogP contribution in [0.15, 0.2) is 53.0 Å². The molecule has 0 amide bonds. The maximum atomic E-state index is 13.3. The van der Waals surface area contributed by atoms with Crippen LogP contribution in [0.5, 0.6) is 0 Å². The first kappa shape index (κ1) is 15.2. The van der Waals surface area contributed by atoms with E-state index in [4.69, 9.17) is 0 Å². The van der Waals surface area contributed by atoms with Crippen molar-refractivity contribution >= 4 is 15.9 Å². The van der Waals surface area contributed by atoms with Gasteiger partial charge < -0.3 is 5.32 Å². The highest BCUT2D eigenvalue weighted by Gasteiger charge is 2.15. The molecular formula is C17H19BrFN. The second-order valence-corrected chi connectivity index (χ2v) is 6.10. The van der Waals surface area contributed by atoms with Crippen LogP contribution >= 0.6 is 15.9 Å². The monoisotopic (exact) mass is 335 g/mol. The van der Waals surface area contributed by atoms with Gasteiger partial charge in [-0.3, -0.25) is 0 Å². The molecule has 0 aliphatic rings. The summed E-state index contributed by atoms with van der Waals surface area (Å²) in [7, 11) is 0. The van der Waals surface area contributed by atoms with Crippen LogP contribution in [0, 0.1) is 11.7 Å². The standard InChI is InChI=1S/C17H19BrFN/c1-12(2)17(13-6-4-3-5-7-13)20-11-14-10-15(19)8-9-16(14)18/h3-10,12,17,20H,11H2,1-2H3. The fraction of sp³-hybridized carbons (Fsp3) is 0.294. The van der Waals surface area contributed by atoms with Crippen LogP contribution in [0.1, 0.15) is 31.0 Å². The molecule has 0 aromatic heterocycles. The van der Waals surface area contributed by atoms with Crippen molar-refractivity contribution in [2.24, 2.45) is 5.92 Å². The van der Waals surface area contributed by atoms with Crippen LogP contribution in [-0.2, 0) is 6.54 Å². The summed E-state index contributed by atoms with van der Waals surface area (Å²) in [5.41, 5.74) is 2.20. The van der Waals surface area contributed by atoms with Crippen LogP contribution in [0.3, 0.4) is 0 Å². The molecule has 2 aromatic rings. The summed E-state index contributed by atoms with van der Waals surface area (Å²) in [4.78, 5) is 0. The Balaban J connectivity index is 2.12. The number of halogens is 2. The van der Waals surface area contributed by atoms with Crippen LogP contribution in [0.25, 0.3) is 0 Å². The number of hydrogen-bond donors (Lipinski definition) is 1. The van der Waals surface area contributed by atoms with Crippen LogP contribution in [0.2, 0.25) is 0 Å². The third-order valence-electron chi connectivity index (χ3n) is 3.35. The zero-order valence-corrected chi connectivity index (χ0v) is 13.3. The van der Waals surface area contributed by atoms with Gasteiger partial charge in [0.05, 0.1) is 0 Å². The Labute approximate surface area is 128 Å². The predicted molar refractivity (Wildman–Crippen MR) is 85.0 cm³/mol. The highest BCUT2D eigenvalue weighted by Crippen LogP contribution is 2.23. The quantitative estimate of drug-likeness (QED) is 0.803. The highest BCUT2D eigenvalue weighted by atomic mass is 79.9. The van der Waals surface area contributed by atoms with Crippen molar-refractivity contribution in [1.82, 2.24) is 5.32 Å². The van der Waals surface area contributed by atoms with E-state index in [2.05, 4.69) is 47.2 Å². The predicted octanol–water partition coefficient (Wildman–Crippen LogP) is 5.08. The van der Waals surface area contributed by atoms with Gasteiger partial charge >= 0.3 is 0 Å². The SMILES string of the molecule is CC(C)C(NCc1cc(F)ccc1Br)c1ccccc1. The molecule has 20 heavy (non-hydrogen) atoms. The van der Waals surface area contributed by atoms with Crippen LogP contribution < -0.4 is 5.32 Å². The van der Waals surface area contributed by atoms with Gasteiger partial charge in [0.1, 0.15) is 5.82 Å². The minimum absolute atomic E-state index is 0.203. The van der Waals surface area contributed by atoms with Gasteiger partial charge in [-0.05, 0) is 35.2 Å². The van der Waals surface area contributed by atoms with E-state index >= 15 is 0 Å². The lowest BCUT2D eigenvalue weighted by Gasteiger charge is -2.23. The largest absolute Gasteiger partial charge is 0.306 e. The Morgan fingerprint density at radius 1 is 1.10 bits per heavy atom. The third kappa shape index (κ3) is 3.90. The second-order valence-electron chi connectivity index (χ2n) is 5.25. The van der Waals surface area contributed by atoms with Crippen molar-refractivity contribution in [3.05, 3.63) is 69.9 Å². The molecule has 0 spiro atoms. The Bertz CT molecular complexity index is 554. The van der Waals surface area contributed by atoms with E-state index in [1.165, 1.54) is 11.6 Å². The fourth-order valence-electron chi connectivity index (χ4n) is 2.30. The minimum atomic E-state index is -0.203. The smallest absolute Gasteiger partial charge is 0.123 e. The average molecular weight is 336 g/mol. The number of benzene rings is 2. The summed E-state index contributed by atoms with van der Waals surface area (Å²) in [5, 5.41) is 3.52. The van der Waals surface area contributed by atoms with Gasteiger partial charge in [0.15, 0.2) is 0 Å². The molecule has 0 saturated carbocycles. The summed E-state index contributed by atoms with van der Waals surface area (Å²) in [6.45, 7) is 5.01. The molecule has 0 radical (unpaired) electrons. The molecule has 2 rings (SSSR count). The van der Waals surface area contributed by atoms with Crippen molar-refractivity contribution in [2.45, 2.75) is 26.4 Å². The Hall–Kier alpha value is -1.19. The summed E-state index contributed by atoms with van der Waals surface area (Å²) in [5.74, 6) is 0.260. The number of hydrogen-bond acceptors (Lipinski definition) is 1. The molecular weight excluding hydrogens is 317 g/mol. The van der Waals surface area contributed by atoms with Gasteiger partial charge in [-0.15, -0.1) is 0 Å². The molecule has 1 atom stereocenters. The Morgan fingerprint density at radius 3 is 2.45 bits per heavy atom. The fourth-order valence-corrected chi connectivity index (χ4v) is 2.68. The molecule has 0 heterocycles. The molecule has 1 nitrogen and oxygen atoms in total. The van der Waals surface area contributed by atoms with Gasteiger partial charge in [0.25, 0.3) is 0 Å². The van der Waals surface area contributed by atoms with E-state index in [9.17, 15) is 4.39 Å². The normalized spacial score (nSPS) is 12.7. The molecule has 0 aliphatic heterocycles. The molecule has 0 aliphatic carbocycles. The molecule has 106 valence electrons. The van der Waals surface area contributed by atoms with Crippen molar-refractivity contribution in [2.75, 3.05) is 0 Å². The number of nitrogens with one attached hydrogen (secondary N) is 1. The van der Waals surface area contributed by atoms with Gasteiger partial charge in [-0.25, -0.2) is 4.39 Å². The molecule has 1 unspecified atom stereocenters. The van der Waals surface area contributed by atoms with Gasteiger partial charge in [-0.2, -0.15) is 0 Å². The number of rotatable bonds is 5. The second kappa shape index (κ2) is 7.00. The maximum Gasteiger partial charge on any atom is 0.123 e. The van der Waals surface area contributed by atoms with Gasteiger partial charge in [0.2, 0.25) is 0 Å². The van der Waals surface area contributed by atoms with Crippen molar-refractivity contribution in [3.8, 4) is 0 Å². The topological polar surface area (TPSA) is 12.0 Å². The molecule has 0 fully saturated rings. The molecule has 0 saturated heterocycles. The van der Waals surface area contributed by atoms with Crippen LogP contribution in [-0.4, -0.2) is 0 Å². The maximum absolute atomic E-state index is 13.3. The van der Waals surface area contributed by atoms with E-state index in [1.54, 1.807) is 12.1 Å². The summed E-state index contributed by atoms with van der Waals surface area (Å²) in [6.07, 6.45) is 0. The van der Waals surface area contributed by atoms with Gasteiger partial charge in [-0.1, -0.05) is 60.1 Å². The first-order chi connectivity index (χ1) is 9.58. The van der Waals surface area contributed by atoms with Crippen molar-refractivity contribution < 1.29 is 4.39 Å².